The van der Waals surface area contributed by atoms with Crippen molar-refractivity contribution in [2.75, 3.05) is 13.2 Å². The molecule has 0 saturated carbocycles. The van der Waals surface area contributed by atoms with Gasteiger partial charge in [0.15, 0.2) is 0 Å². The molecule has 0 amide bonds. The molecule has 0 fully saturated rings. The molecular formula is C24H43O2P. The second-order valence-electron chi connectivity index (χ2n) is 10.6. The Morgan fingerprint density at radius 2 is 1.15 bits per heavy atom. The van der Waals surface area contributed by atoms with E-state index in [1.54, 1.807) is 0 Å². The molecule has 0 aliphatic rings. The van der Waals surface area contributed by atoms with E-state index in [0.29, 0.717) is 22.7 Å². The zero-order valence-corrected chi connectivity index (χ0v) is 19.9. The van der Waals surface area contributed by atoms with Gasteiger partial charge in [0, 0.05) is 5.30 Å². The smallest absolute Gasteiger partial charge is 0.205 e. The SMILES string of the molecule is CC(CCOP(OCCC(C)CC(C)(C)C)c1ccccc1)CC(C)(C)C. The molecule has 1 aromatic rings. The fourth-order valence-corrected chi connectivity index (χ4v) is 5.04. The van der Waals surface area contributed by atoms with E-state index < -0.39 is 8.38 Å². The molecule has 0 spiro atoms. The second kappa shape index (κ2) is 11.5. The third-order valence-electron chi connectivity index (χ3n) is 4.53. The largest absolute Gasteiger partial charge is 0.331 e. The van der Waals surface area contributed by atoms with Gasteiger partial charge in [0.2, 0.25) is 8.38 Å². The summed E-state index contributed by atoms with van der Waals surface area (Å²) in [5.74, 6) is 1.34. The van der Waals surface area contributed by atoms with Crippen molar-refractivity contribution in [2.24, 2.45) is 22.7 Å². The fraction of sp³-hybridized carbons (Fsp3) is 0.750. The minimum absolute atomic E-state index is 0.378. The quantitative estimate of drug-likeness (QED) is 0.360. The summed E-state index contributed by atoms with van der Waals surface area (Å²) in [7, 11) is -0.983. The maximum atomic E-state index is 6.24. The first kappa shape index (κ1) is 24.6. The molecule has 0 bridgehead atoms. The first-order valence-corrected chi connectivity index (χ1v) is 11.7. The summed E-state index contributed by atoms with van der Waals surface area (Å²) in [4.78, 5) is 0. The highest BCUT2D eigenvalue weighted by molar-refractivity contribution is 7.56. The summed E-state index contributed by atoms with van der Waals surface area (Å²) < 4.78 is 12.5. The van der Waals surface area contributed by atoms with Gasteiger partial charge in [0.1, 0.15) is 0 Å². The van der Waals surface area contributed by atoms with Crippen molar-refractivity contribution >= 4 is 13.7 Å². The molecule has 3 heteroatoms. The third kappa shape index (κ3) is 12.6. The average molecular weight is 395 g/mol. The van der Waals surface area contributed by atoms with Gasteiger partial charge in [0.05, 0.1) is 13.2 Å². The minimum Gasteiger partial charge on any atom is -0.331 e. The van der Waals surface area contributed by atoms with Gasteiger partial charge in [-0.3, -0.25) is 0 Å². The molecule has 1 rings (SSSR count). The van der Waals surface area contributed by atoms with E-state index in [1.165, 1.54) is 18.1 Å². The summed E-state index contributed by atoms with van der Waals surface area (Å²) >= 11 is 0. The molecule has 2 atom stereocenters. The van der Waals surface area contributed by atoms with Gasteiger partial charge in [-0.15, -0.1) is 0 Å². The molecule has 0 aliphatic carbocycles. The van der Waals surface area contributed by atoms with Crippen LogP contribution in [0.15, 0.2) is 30.3 Å². The van der Waals surface area contributed by atoms with Gasteiger partial charge in [0.25, 0.3) is 0 Å². The monoisotopic (exact) mass is 394 g/mol. The molecule has 156 valence electrons. The van der Waals surface area contributed by atoms with E-state index in [4.69, 9.17) is 9.05 Å². The lowest BCUT2D eigenvalue weighted by atomic mass is 9.84. The van der Waals surface area contributed by atoms with Crippen LogP contribution in [0.25, 0.3) is 0 Å². The summed E-state index contributed by atoms with van der Waals surface area (Å²) in [5, 5.41) is 1.18. The van der Waals surface area contributed by atoms with E-state index in [2.05, 4.69) is 79.7 Å². The molecule has 2 unspecified atom stereocenters. The van der Waals surface area contributed by atoms with Gasteiger partial charge in [-0.1, -0.05) is 73.6 Å². The lowest BCUT2D eigenvalue weighted by Crippen LogP contribution is -2.14. The highest BCUT2D eigenvalue weighted by atomic mass is 31.2. The van der Waals surface area contributed by atoms with Crippen LogP contribution in [0.5, 0.6) is 0 Å². The Kier molecular flexibility index (Phi) is 10.5. The lowest BCUT2D eigenvalue weighted by Gasteiger charge is -2.25. The Bertz CT molecular complexity index is 473. The van der Waals surface area contributed by atoms with Gasteiger partial charge < -0.3 is 9.05 Å². The Labute approximate surface area is 170 Å². The van der Waals surface area contributed by atoms with Crippen LogP contribution < -0.4 is 5.30 Å². The molecule has 2 nitrogen and oxygen atoms in total. The molecular weight excluding hydrogens is 351 g/mol. The van der Waals surface area contributed by atoms with Crippen LogP contribution in [0.2, 0.25) is 0 Å². The van der Waals surface area contributed by atoms with Crippen molar-refractivity contribution in [1.29, 1.82) is 0 Å². The Morgan fingerprint density at radius 3 is 1.52 bits per heavy atom. The van der Waals surface area contributed by atoms with Crippen LogP contribution in [0, 0.1) is 22.7 Å². The van der Waals surface area contributed by atoms with Crippen LogP contribution >= 0.6 is 8.38 Å². The average Bonchev–Trinajstić information content (AvgIpc) is 2.51. The maximum Gasteiger partial charge on any atom is 0.205 e. The van der Waals surface area contributed by atoms with Crippen molar-refractivity contribution in [3.05, 3.63) is 30.3 Å². The summed E-state index contributed by atoms with van der Waals surface area (Å²) in [5.41, 5.74) is 0.756. The van der Waals surface area contributed by atoms with Gasteiger partial charge >= 0.3 is 0 Å². The standard InChI is InChI=1S/C24H43O2P/c1-20(18-23(3,4)5)14-16-25-27(22-12-10-9-11-13-22)26-17-15-21(2)19-24(6,7)8/h9-13,20-21H,14-19H2,1-8H3. The van der Waals surface area contributed by atoms with E-state index in [9.17, 15) is 0 Å². The lowest BCUT2D eigenvalue weighted by molar-refractivity contribution is 0.207. The molecule has 0 aromatic heterocycles. The highest BCUT2D eigenvalue weighted by Crippen LogP contribution is 2.39. The van der Waals surface area contributed by atoms with Crippen molar-refractivity contribution in [3.8, 4) is 0 Å². The van der Waals surface area contributed by atoms with Crippen molar-refractivity contribution in [1.82, 2.24) is 0 Å². The normalized spacial score (nSPS) is 16.1. The number of rotatable bonds is 11. The Hall–Kier alpha value is -0.430. The molecule has 0 aliphatic heterocycles. The number of hydrogen-bond donors (Lipinski definition) is 0. The predicted molar refractivity (Wildman–Crippen MR) is 121 cm³/mol. The first-order valence-electron chi connectivity index (χ1n) is 10.6. The fourth-order valence-electron chi connectivity index (χ4n) is 3.70. The Balaban J connectivity index is 2.50. The molecule has 0 saturated heterocycles. The van der Waals surface area contributed by atoms with Crippen LogP contribution in [0.4, 0.5) is 0 Å². The van der Waals surface area contributed by atoms with Crippen molar-refractivity contribution < 1.29 is 9.05 Å². The number of hydrogen-bond acceptors (Lipinski definition) is 2. The van der Waals surface area contributed by atoms with E-state index in [0.717, 1.165) is 26.1 Å². The van der Waals surface area contributed by atoms with E-state index in [-0.39, 0.29) is 0 Å². The third-order valence-corrected chi connectivity index (χ3v) is 6.08. The molecule has 0 heterocycles. The Morgan fingerprint density at radius 1 is 0.741 bits per heavy atom. The minimum atomic E-state index is -0.983. The predicted octanol–water partition coefficient (Wildman–Crippen LogP) is 7.58. The highest BCUT2D eigenvalue weighted by Gasteiger charge is 2.19. The zero-order chi connectivity index (χ0) is 20.5. The van der Waals surface area contributed by atoms with Crippen molar-refractivity contribution in [3.63, 3.8) is 0 Å². The summed E-state index contributed by atoms with van der Waals surface area (Å²) in [6.45, 7) is 20.1. The van der Waals surface area contributed by atoms with Gasteiger partial charge in [-0.25, -0.2) is 0 Å². The molecule has 0 radical (unpaired) electrons. The van der Waals surface area contributed by atoms with Crippen LogP contribution in [0.3, 0.4) is 0 Å². The molecule has 0 N–H and O–H groups in total. The van der Waals surface area contributed by atoms with E-state index >= 15 is 0 Å². The van der Waals surface area contributed by atoms with Gasteiger partial charge in [-0.05, 0) is 60.5 Å². The molecule has 27 heavy (non-hydrogen) atoms. The first-order chi connectivity index (χ1) is 12.5. The summed E-state index contributed by atoms with van der Waals surface area (Å²) in [6.07, 6.45) is 4.63. The zero-order valence-electron chi connectivity index (χ0n) is 19.0. The van der Waals surface area contributed by atoms with Crippen LogP contribution in [-0.2, 0) is 9.05 Å². The number of benzene rings is 1. The van der Waals surface area contributed by atoms with E-state index in [1.807, 2.05) is 6.07 Å². The van der Waals surface area contributed by atoms with Crippen LogP contribution in [-0.4, -0.2) is 13.2 Å². The summed E-state index contributed by atoms with van der Waals surface area (Å²) in [6, 6.07) is 10.4. The molecule has 1 aromatic carbocycles. The van der Waals surface area contributed by atoms with Crippen molar-refractivity contribution in [2.45, 2.75) is 81.1 Å². The van der Waals surface area contributed by atoms with Gasteiger partial charge in [-0.2, -0.15) is 0 Å². The topological polar surface area (TPSA) is 18.5 Å². The van der Waals surface area contributed by atoms with Crippen LogP contribution in [0.1, 0.15) is 81.1 Å². The second-order valence-corrected chi connectivity index (χ2v) is 12.1. The maximum absolute atomic E-state index is 6.24.